The Labute approximate surface area is 190 Å². The van der Waals surface area contributed by atoms with Gasteiger partial charge in [0.1, 0.15) is 15.7 Å². The molecule has 8 heteroatoms. The van der Waals surface area contributed by atoms with Gasteiger partial charge < -0.3 is 19.4 Å². The number of rotatable bonds is 7. The van der Waals surface area contributed by atoms with Crippen molar-refractivity contribution < 1.29 is 14.3 Å². The van der Waals surface area contributed by atoms with Crippen LogP contribution in [0, 0.1) is 13.8 Å². The van der Waals surface area contributed by atoms with Crippen LogP contribution in [0.25, 0.3) is 10.6 Å². The largest absolute Gasteiger partial charge is 0.493 e. The number of ether oxygens (including phenoxy) is 2. The minimum atomic E-state index is -0.176. The molecule has 2 heterocycles. The molecular weight excluding hydrogens is 424 g/mol. The number of aromatic nitrogens is 3. The Kier molecular flexibility index (Phi) is 6.23. The fraction of sp³-hybridized carbons (Fsp3) is 0.208. The molecule has 2 aromatic heterocycles. The average molecular weight is 449 g/mol. The minimum absolute atomic E-state index is 0.176. The van der Waals surface area contributed by atoms with E-state index in [9.17, 15) is 4.79 Å². The number of thiazole rings is 1. The predicted molar refractivity (Wildman–Crippen MR) is 126 cm³/mol. The molecule has 1 amide bonds. The molecule has 0 atom stereocenters. The van der Waals surface area contributed by atoms with E-state index >= 15 is 0 Å². The molecular formula is C24H24N4O3S. The van der Waals surface area contributed by atoms with Gasteiger partial charge >= 0.3 is 0 Å². The Morgan fingerprint density at radius 3 is 2.47 bits per heavy atom. The summed E-state index contributed by atoms with van der Waals surface area (Å²) < 4.78 is 12.7. The molecule has 0 saturated heterocycles. The quantitative estimate of drug-likeness (QED) is 0.433. The van der Waals surface area contributed by atoms with Gasteiger partial charge in [-0.2, -0.15) is 0 Å². The van der Waals surface area contributed by atoms with Crippen LogP contribution >= 0.6 is 11.3 Å². The lowest BCUT2D eigenvalue weighted by molar-refractivity contribution is 0.103. The Bertz CT molecular complexity index is 1240. The number of nitrogens with zero attached hydrogens (tertiary/aromatic N) is 3. The van der Waals surface area contributed by atoms with Crippen LogP contribution in [0.4, 0.5) is 5.69 Å². The fourth-order valence-corrected chi connectivity index (χ4v) is 4.31. The molecule has 0 aliphatic rings. The summed E-state index contributed by atoms with van der Waals surface area (Å²) in [6.07, 6.45) is 3.74. The minimum Gasteiger partial charge on any atom is -0.493 e. The summed E-state index contributed by atoms with van der Waals surface area (Å²) in [4.78, 5) is 22.3. The highest BCUT2D eigenvalue weighted by molar-refractivity contribution is 7.17. The van der Waals surface area contributed by atoms with Crippen LogP contribution in [0.3, 0.4) is 0 Å². The predicted octanol–water partition coefficient (Wildman–Crippen LogP) is 4.94. The molecule has 0 aliphatic carbocycles. The van der Waals surface area contributed by atoms with Crippen molar-refractivity contribution in [3.63, 3.8) is 0 Å². The van der Waals surface area contributed by atoms with E-state index in [4.69, 9.17) is 9.47 Å². The zero-order valence-corrected chi connectivity index (χ0v) is 19.2. The number of imidazole rings is 1. The molecule has 0 unspecified atom stereocenters. The monoisotopic (exact) mass is 448 g/mol. The smallest absolute Gasteiger partial charge is 0.267 e. The summed E-state index contributed by atoms with van der Waals surface area (Å²) >= 11 is 1.35. The summed E-state index contributed by atoms with van der Waals surface area (Å²) in [6, 6.07) is 13.4. The summed E-state index contributed by atoms with van der Waals surface area (Å²) in [5, 5.41) is 3.72. The Morgan fingerprint density at radius 1 is 1.06 bits per heavy atom. The van der Waals surface area contributed by atoms with Crippen LogP contribution in [-0.4, -0.2) is 34.7 Å². The van der Waals surface area contributed by atoms with Gasteiger partial charge in [-0.25, -0.2) is 9.97 Å². The molecule has 32 heavy (non-hydrogen) atoms. The number of amides is 1. The van der Waals surface area contributed by atoms with Gasteiger partial charge in [0.25, 0.3) is 5.91 Å². The van der Waals surface area contributed by atoms with Crippen molar-refractivity contribution in [2.45, 2.75) is 20.4 Å². The fourth-order valence-electron chi connectivity index (χ4n) is 3.35. The van der Waals surface area contributed by atoms with Crippen LogP contribution < -0.4 is 14.8 Å². The maximum atomic E-state index is 12.9. The lowest BCUT2D eigenvalue weighted by Crippen LogP contribution is -2.11. The third-order valence-corrected chi connectivity index (χ3v) is 6.33. The maximum Gasteiger partial charge on any atom is 0.267 e. The summed E-state index contributed by atoms with van der Waals surface area (Å²) in [5.41, 5.74) is 3.42. The lowest BCUT2D eigenvalue weighted by Gasteiger charge is -2.08. The van der Waals surface area contributed by atoms with Gasteiger partial charge in [-0.1, -0.05) is 12.1 Å². The molecule has 164 valence electrons. The van der Waals surface area contributed by atoms with E-state index < -0.39 is 0 Å². The molecule has 0 saturated carbocycles. The van der Waals surface area contributed by atoms with E-state index in [0.29, 0.717) is 22.1 Å². The maximum absolute atomic E-state index is 12.9. The second-order valence-electron chi connectivity index (χ2n) is 7.26. The van der Waals surface area contributed by atoms with Crippen molar-refractivity contribution >= 4 is 22.9 Å². The first-order valence-electron chi connectivity index (χ1n) is 10.1. The van der Waals surface area contributed by atoms with Crippen molar-refractivity contribution in [1.82, 2.24) is 14.5 Å². The van der Waals surface area contributed by atoms with Gasteiger partial charge in [-0.05, 0) is 49.7 Å². The van der Waals surface area contributed by atoms with Gasteiger partial charge in [0.05, 0.1) is 19.9 Å². The van der Waals surface area contributed by atoms with Crippen molar-refractivity contribution in [3.05, 3.63) is 76.8 Å². The number of carbonyl (C=O) groups is 1. The molecule has 0 spiro atoms. The summed E-state index contributed by atoms with van der Waals surface area (Å²) in [6.45, 7) is 4.55. The van der Waals surface area contributed by atoms with Crippen LogP contribution in [-0.2, 0) is 6.54 Å². The van der Waals surface area contributed by atoms with Crippen molar-refractivity contribution in [3.8, 4) is 22.1 Å². The number of hydrogen-bond donors (Lipinski definition) is 1. The van der Waals surface area contributed by atoms with E-state index in [1.54, 1.807) is 20.4 Å². The Hall–Kier alpha value is -3.65. The third-order valence-electron chi connectivity index (χ3n) is 5.12. The second-order valence-corrected chi connectivity index (χ2v) is 8.26. The Balaban J connectivity index is 1.48. The zero-order valence-electron chi connectivity index (χ0n) is 18.4. The van der Waals surface area contributed by atoms with Crippen LogP contribution in [0.5, 0.6) is 11.5 Å². The first-order chi connectivity index (χ1) is 15.5. The molecule has 4 aromatic rings. The van der Waals surface area contributed by atoms with Crippen molar-refractivity contribution in [2.24, 2.45) is 0 Å². The third kappa shape index (κ3) is 4.50. The molecule has 0 bridgehead atoms. The summed E-state index contributed by atoms with van der Waals surface area (Å²) in [7, 11) is 3.19. The van der Waals surface area contributed by atoms with E-state index in [0.717, 1.165) is 34.2 Å². The highest BCUT2D eigenvalue weighted by Crippen LogP contribution is 2.35. The second kappa shape index (κ2) is 9.23. The number of benzene rings is 2. The van der Waals surface area contributed by atoms with Gasteiger partial charge in [-0.15, -0.1) is 11.3 Å². The van der Waals surface area contributed by atoms with Gasteiger partial charge in [0, 0.05) is 30.2 Å². The first-order valence-corrected chi connectivity index (χ1v) is 10.9. The molecule has 1 N–H and O–H groups in total. The van der Waals surface area contributed by atoms with Crippen LogP contribution in [0.1, 0.15) is 26.8 Å². The Morgan fingerprint density at radius 2 is 1.81 bits per heavy atom. The highest BCUT2D eigenvalue weighted by Gasteiger charge is 2.17. The number of anilines is 1. The number of nitrogens with one attached hydrogen (secondary N) is 1. The first kappa shape index (κ1) is 21.6. The molecule has 0 radical (unpaired) electrons. The standard InChI is InChI=1S/C24H24N4O3S/c1-15-22(32-24(26-15)18-7-10-20(30-3)21(13-18)31-4)23(29)27-19-8-5-17(6-9-19)14-28-12-11-25-16(28)2/h5-13H,14H2,1-4H3,(H,27,29). The van der Waals surface area contributed by atoms with Crippen molar-refractivity contribution in [1.29, 1.82) is 0 Å². The lowest BCUT2D eigenvalue weighted by atomic mass is 10.2. The zero-order chi connectivity index (χ0) is 22.7. The number of aryl methyl sites for hydroxylation is 2. The molecule has 4 rings (SSSR count). The van der Waals surface area contributed by atoms with Crippen molar-refractivity contribution in [2.75, 3.05) is 19.5 Å². The highest BCUT2D eigenvalue weighted by atomic mass is 32.1. The molecule has 2 aromatic carbocycles. The van der Waals surface area contributed by atoms with E-state index in [1.165, 1.54) is 11.3 Å². The van der Waals surface area contributed by atoms with Gasteiger partial charge in [0.15, 0.2) is 11.5 Å². The molecule has 7 nitrogen and oxygen atoms in total. The molecule has 0 aliphatic heterocycles. The van der Waals surface area contributed by atoms with E-state index in [-0.39, 0.29) is 5.91 Å². The number of hydrogen-bond acceptors (Lipinski definition) is 6. The molecule has 0 fully saturated rings. The summed E-state index contributed by atoms with van der Waals surface area (Å²) in [5.74, 6) is 2.06. The van der Waals surface area contributed by atoms with Gasteiger partial charge in [-0.3, -0.25) is 4.79 Å². The van der Waals surface area contributed by atoms with Crippen LogP contribution in [0.2, 0.25) is 0 Å². The normalized spacial score (nSPS) is 10.8. The number of carbonyl (C=O) groups excluding carboxylic acids is 1. The number of methoxy groups -OCH3 is 2. The van der Waals surface area contributed by atoms with E-state index in [1.807, 2.05) is 62.5 Å². The van der Waals surface area contributed by atoms with Crippen LogP contribution in [0.15, 0.2) is 54.9 Å². The topological polar surface area (TPSA) is 78.3 Å². The van der Waals surface area contributed by atoms with E-state index in [2.05, 4.69) is 19.9 Å². The van der Waals surface area contributed by atoms with Gasteiger partial charge in [0.2, 0.25) is 0 Å². The SMILES string of the molecule is COc1ccc(-c2nc(C)c(C(=O)Nc3ccc(Cn4ccnc4C)cc3)s2)cc1OC. The average Bonchev–Trinajstić information content (AvgIpc) is 3.39.